The maximum Gasteiger partial charge on any atom is 0.222 e. The van der Waals surface area contributed by atoms with Crippen molar-refractivity contribution >= 4 is 5.91 Å². The third-order valence-corrected chi connectivity index (χ3v) is 4.52. The van der Waals surface area contributed by atoms with Gasteiger partial charge >= 0.3 is 0 Å². The van der Waals surface area contributed by atoms with Crippen LogP contribution in [0.3, 0.4) is 0 Å². The maximum atomic E-state index is 12.3. The van der Waals surface area contributed by atoms with Crippen molar-refractivity contribution in [3.63, 3.8) is 0 Å². The fourth-order valence-corrected chi connectivity index (χ4v) is 3.31. The molecule has 0 radical (unpaired) electrons. The summed E-state index contributed by atoms with van der Waals surface area (Å²) in [4.78, 5) is 14.4. The Balaban J connectivity index is 1.67. The molecule has 4 heteroatoms. The highest BCUT2D eigenvalue weighted by Gasteiger charge is 2.33. The molecule has 116 valence electrons. The van der Waals surface area contributed by atoms with Crippen molar-refractivity contribution in [3.05, 3.63) is 0 Å². The molecule has 0 bridgehead atoms. The average Bonchev–Trinajstić information content (AvgIpc) is 2.43. The van der Waals surface area contributed by atoms with Gasteiger partial charge in [-0.3, -0.25) is 4.79 Å². The molecule has 2 fully saturated rings. The molecule has 1 amide bonds. The molecule has 1 unspecified atom stereocenters. The summed E-state index contributed by atoms with van der Waals surface area (Å²) >= 11 is 0. The monoisotopic (exact) mass is 282 g/mol. The summed E-state index contributed by atoms with van der Waals surface area (Å²) in [7, 11) is 0. The molecular formula is C16H30N2O2. The van der Waals surface area contributed by atoms with Gasteiger partial charge in [0.15, 0.2) is 0 Å². The van der Waals surface area contributed by atoms with Gasteiger partial charge in [0.25, 0.3) is 0 Å². The molecule has 1 heterocycles. The van der Waals surface area contributed by atoms with Crippen LogP contribution in [0.4, 0.5) is 0 Å². The number of carbonyl (C=O) groups excluding carboxylic acids is 1. The summed E-state index contributed by atoms with van der Waals surface area (Å²) in [6, 6.07) is 0.505. The molecule has 1 atom stereocenters. The Hall–Kier alpha value is -0.610. The van der Waals surface area contributed by atoms with Crippen LogP contribution in [0.15, 0.2) is 0 Å². The minimum atomic E-state index is 0.355. The van der Waals surface area contributed by atoms with Gasteiger partial charge < -0.3 is 15.0 Å². The van der Waals surface area contributed by atoms with E-state index in [-0.39, 0.29) is 0 Å². The maximum absolute atomic E-state index is 12.3. The molecule has 0 aromatic heterocycles. The van der Waals surface area contributed by atoms with Crippen molar-refractivity contribution in [2.45, 2.75) is 64.5 Å². The zero-order valence-corrected chi connectivity index (χ0v) is 13.1. The van der Waals surface area contributed by atoms with Crippen molar-refractivity contribution in [2.75, 3.05) is 26.2 Å². The van der Waals surface area contributed by atoms with E-state index in [9.17, 15) is 4.79 Å². The van der Waals surface area contributed by atoms with E-state index < -0.39 is 0 Å². The number of nitrogens with one attached hydrogen (secondary N) is 1. The quantitative estimate of drug-likeness (QED) is 0.778. The standard InChI is InChI=1S/C16H30N2O2/c1-3-7-17-14-6-5-8-18(12-14)16(19)11-13-9-15(10-13)20-4-2/h13-15,17H,3-12H2,1-2H3. The van der Waals surface area contributed by atoms with Crippen LogP contribution in [0.5, 0.6) is 0 Å². The first-order valence-electron chi connectivity index (χ1n) is 8.35. The number of rotatable bonds is 7. The average molecular weight is 282 g/mol. The summed E-state index contributed by atoms with van der Waals surface area (Å²) in [6.07, 6.45) is 6.79. The number of piperidine rings is 1. The van der Waals surface area contributed by atoms with E-state index in [1.54, 1.807) is 0 Å². The van der Waals surface area contributed by atoms with Gasteiger partial charge in [-0.25, -0.2) is 0 Å². The highest BCUT2D eigenvalue weighted by molar-refractivity contribution is 5.76. The number of likely N-dealkylation sites (tertiary alicyclic amines) is 1. The van der Waals surface area contributed by atoms with Crippen LogP contribution in [0.1, 0.15) is 52.4 Å². The van der Waals surface area contributed by atoms with Gasteiger partial charge in [-0.05, 0) is 51.5 Å². The van der Waals surface area contributed by atoms with E-state index in [1.807, 2.05) is 6.92 Å². The number of amides is 1. The first-order chi connectivity index (χ1) is 9.72. The summed E-state index contributed by atoms with van der Waals surface area (Å²) in [5.41, 5.74) is 0. The molecule has 4 nitrogen and oxygen atoms in total. The Morgan fingerprint density at radius 2 is 2.15 bits per heavy atom. The van der Waals surface area contributed by atoms with E-state index in [0.29, 0.717) is 24.0 Å². The molecule has 2 rings (SSSR count). The minimum Gasteiger partial charge on any atom is -0.378 e. The molecule has 2 aliphatic rings. The normalized spacial score (nSPS) is 30.1. The summed E-state index contributed by atoms with van der Waals surface area (Å²) in [5, 5.41) is 3.55. The Bertz CT molecular complexity index is 303. The van der Waals surface area contributed by atoms with E-state index in [4.69, 9.17) is 4.74 Å². The smallest absolute Gasteiger partial charge is 0.222 e. The van der Waals surface area contributed by atoms with Gasteiger partial charge in [0.1, 0.15) is 0 Å². The number of nitrogens with zero attached hydrogens (tertiary/aromatic N) is 1. The molecule has 1 aliphatic heterocycles. The van der Waals surface area contributed by atoms with Crippen molar-refractivity contribution in [1.82, 2.24) is 10.2 Å². The molecular weight excluding hydrogens is 252 g/mol. The molecule has 1 saturated carbocycles. The number of ether oxygens (including phenoxy) is 1. The fourth-order valence-electron chi connectivity index (χ4n) is 3.31. The Morgan fingerprint density at radius 3 is 2.85 bits per heavy atom. The number of carbonyl (C=O) groups is 1. The molecule has 1 N–H and O–H groups in total. The van der Waals surface area contributed by atoms with E-state index in [2.05, 4.69) is 17.1 Å². The molecule has 1 saturated heterocycles. The van der Waals surface area contributed by atoms with Crippen LogP contribution in [0.25, 0.3) is 0 Å². The number of hydrogen-bond donors (Lipinski definition) is 1. The van der Waals surface area contributed by atoms with Crippen molar-refractivity contribution in [1.29, 1.82) is 0 Å². The number of hydrogen-bond acceptors (Lipinski definition) is 3. The second kappa shape index (κ2) is 7.99. The van der Waals surface area contributed by atoms with Crippen molar-refractivity contribution < 1.29 is 9.53 Å². The van der Waals surface area contributed by atoms with Crippen molar-refractivity contribution in [2.24, 2.45) is 5.92 Å². The zero-order chi connectivity index (χ0) is 14.4. The lowest BCUT2D eigenvalue weighted by atomic mass is 9.79. The van der Waals surface area contributed by atoms with Crippen LogP contribution in [-0.2, 0) is 9.53 Å². The van der Waals surface area contributed by atoms with Crippen molar-refractivity contribution in [3.8, 4) is 0 Å². The lowest BCUT2D eigenvalue weighted by Gasteiger charge is -2.38. The SMILES string of the molecule is CCCNC1CCCN(C(=O)CC2CC(OCC)C2)C1. The van der Waals surface area contributed by atoms with Gasteiger partial charge in [-0.15, -0.1) is 0 Å². The summed E-state index contributed by atoms with van der Waals surface area (Å²) in [5.74, 6) is 0.913. The first-order valence-corrected chi connectivity index (χ1v) is 8.35. The predicted molar refractivity (Wildman–Crippen MR) is 80.7 cm³/mol. The fraction of sp³-hybridized carbons (Fsp3) is 0.938. The van der Waals surface area contributed by atoms with Crippen LogP contribution in [0.2, 0.25) is 0 Å². The Morgan fingerprint density at radius 1 is 1.35 bits per heavy atom. The summed E-state index contributed by atoms with van der Waals surface area (Å²) < 4.78 is 5.56. The lowest BCUT2D eigenvalue weighted by molar-refractivity contribution is -0.135. The Labute approximate surface area is 123 Å². The van der Waals surface area contributed by atoms with Gasteiger partial charge in [0, 0.05) is 32.2 Å². The molecule has 0 spiro atoms. The third-order valence-electron chi connectivity index (χ3n) is 4.52. The highest BCUT2D eigenvalue weighted by atomic mass is 16.5. The topological polar surface area (TPSA) is 41.6 Å². The molecule has 0 aromatic rings. The lowest BCUT2D eigenvalue weighted by Crippen LogP contribution is -2.49. The Kier molecular flexibility index (Phi) is 6.30. The van der Waals surface area contributed by atoms with E-state index in [0.717, 1.165) is 58.3 Å². The largest absolute Gasteiger partial charge is 0.378 e. The second-order valence-electron chi connectivity index (χ2n) is 6.25. The van der Waals surface area contributed by atoms with Gasteiger partial charge in [0.05, 0.1) is 6.10 Å². The van der Waals surface area contributed by atoms with E-state index >= 15 is 0 Å². The first kappa shape index (κ1) is 15.8. The molecule has 0 aromatic carbocycles. The van der Waals surface area contributed by atoms with Crippen LogP contribution in [-0.4, -0.2) is 49.2 Å². The highest BCUT2D eigenvalue weighted by Crippen LogP contribution is 2.33. The minimum absolute atomic E-state index is 0.355. The second-order valence-corrected chi connectivity index (χ2v) is 6.25. The van der Waals surface area contributed by atoms with Gasteiger partial charge in [-0.1, -0.05) is 6.92 Å². The third kappa shape index (κ3) is 4.45. The van der Waals surface area contributed by atoms with Crippen LogP contribution >= 0.6 is 0 Å². The van der Waals surface area contributed by atoms with E-state index in [1.165, 1.54) is 6.42 Å². The summed E-state index contributed by atoms with van der Waals surface area (Å²) in [6.45, 7) is 7.93. The predicted octanol–water partition coefficient (Wildman–Crippen LogP) is 2.18. The molecule has 20 heavy (non-hydrogen) atoms. The molecule has 1 aliphatic carbocycles. The van der Waals surface area contributed by atoms with Crippen LogP contribution in [0, 0.1) is 5.92 Å². The van der Waals surface area contributed by atoms with Gasteiger partial charge in [-0.2, -0.15) is 0 Å². The van der Waals surface area contributed by atoms with Gasteiger partial charge in [0.2, 0.25) is 5.91 Å². The zero-order valence-electron chi connectivity index (χ0n) is 13.1. The van der Waals surface area contributed by atoms with Crippen LogP contribution < -0.4 is 5.32 Å².